The van der Waals surface area contributed by atoms with Gasteiger partial charge in [-0.3, -0.25) is 4.90 Å². The minimum Gasteiger partial charge on any atom is -0.495 e. The number of nitrogens with two attached hydrogens (primary N) is 1. The molecule has 3 aromatic rings. The third-order valence-electron chi connectivity index (χ3n) is 3.44. The standard InChI is InChI=1S/C17H16N4O2S3/c1-22-13-9-5-3-7-11(13)19-15(18)21(16-20-17(24)26-25-16)12-8-4-6-10-14(12)23-2/h3-10H,1-2H3,(H2,18,19). The number of rotatable bonds is 5. The molecular weight excluding hydrogens is 388 g/mol. The van der Waals surface area contributed by atoms with E-state index in [9.17, 15) is 0 Å². The Kier molecular flexibility index (Phi) is 5.82. The normalized spacial score (nSPS) is 11.2. The Morgan fingerprint density at radius 1 is 1.04 bits per heavy atom. The first-order valence-electron chi connectivity index (χ1n) is 7.51. The summed E-state index contributed by atoms with van der Waals surface area (Å²) in [6.45, 7) is 0. The molecule has 3 rings (SSSR count). The number of hydrogen-bond donors (Lipinski definition) is 1. The first kappa shape index (κ1) is 18.3. The van der Waals surface area contributed by atoms with Crippen LogP contribution >= 0.6 is 32.9 Å². The maximum Gasteiger partial charge on any atom is 0.209 e. The topological polar surface area (TPSA) is 73.0 Å². The average molecular weight is 405 g/mol. The van der Waals surface area contributed by atoms with Crippen molar-refractivity contribution in [1.82, 2.24) is 4.98 Å². The molecule has 0 spiro atoms. The summed E-state index contributed by atoms with van der Waals surface area (Å²) in [4.78, 5) is 10.7. The molecule has 0 fully saturated rings. The van der Waals surface area contributed by atoms with Gasteiger partial charge in [0.25, 0.3) is 0 Å². The van der Waals surface area contributed by atoms with Gasteiger partial charge in [-0.2, -0.15) is 4.98 Å². The zero-order chi connectivity index (χ0) is 18.5. The number of methoxy groups -OCH3 is 2. The molecule has 0 aliphatic heterocycles. The molecule has 0 aliphatic carbocycles. The number of benzene rings is 2. The number of aromatic nitrogens is 1. The maximum absolute atomic E-state index is 6.37. The molecule has 0 atom stereocenters. The van der Waals surface area contributed by atoms with E-state index in [1.807, 2.05) is 48.5 Å². The highest BCUT2D eigenvalue weighted by Gasteiger charge is 2.21. The van der Waals surface area contributed by atoms with Gasteiger partial charge in [-0.1, -0.05) is 24.3 Å². The van der Waals surface area contributed by atoms with Crippen molar-refractivity contribution in [1.29, 1.82) is 0 Å². The van der Waals surface area contributed by atoms with Crippen molar-refractivity contribution in [3.8, 4) is 11.5 Å². The average Bonchev–Trinajstić information content (AvgIpc) is 3.08. The van der Waals surface area contributed by atoms with Gasteiger partial charge in [0.2, 0.25) is 11.1 Å². The number of hydrogen-bond acceptors (Lipinski definition) is 7. The molecule has 26 heavy (non-hydrogen) atoms. The minimum absolute atomic E-state index is 0.232. The van der Waals surface area contributed by atoms with Crippen LogP contribution in [0.15, 0.2) is 53.5 Å². The summed E-state index contributed by atoms with van der Waals surface area (Å²) in [5.41, 5.74) is 7.71. The van der Waals surface area contributed by atoms with Crippen molar-refractivity contribution in [2.45, 2.75) is 0 Å². The number of para-hydroxylation sites is 4. The van der Waals surface area contributed by atoms with E-state index in [4.69, 9.17) is 27.4 Å². The summed E-state index contributed by atoms with van der Waals surface area (Å²) in [6.07, 6.45) is 0. The van der Waals surface area contributed by atoms with Crippen LogP contribution in [-0.4, -0.2) is 25.2 Å². The van der Waals surface area contributed by atoms with Crippen LogP contribution < -0.4 is 20.1 Å². The predicted octanol–water partition coefficient (Wildman–Crippen LogP) is 4.74. The number of aliphatic imine (C=N–C) groups is 1. The van der Waals surface area contributed by atoms with E-state index in [-0.39, 0.29) is 5.96 Å². The minimum atomic E-state index is 0.232. The van der Waals surface area contributed by atoms with E-state index in [0.717, 1.165) is 5.69 Å². The van der Waals surface area contributed by atoms with E-state index in [1.165, 1.54) is 20.7 Å². The van der Waals surface area contributed by atoms with Crippen LogP contribution in [0.25, 0.3) is 0 Å². The fourth-order valence-electron chi connectivity index (χ4n) is 2.31. The van der Waals surface area contributed by atoms with Crippen LogP contribution in [0.4, 0.5) is 16.5 Å². The van der Waals surface area contributed by atoms with E-state index in [1.54, 1.807) is 19.1 Å². The van der Waals surface area contributed by atoms with Crippen LogP contribution in [0.2, 0.25) is 0 Å². The highest BCUT2D eigenvalue weighted by Crippen LogP contribution is 2.37. The van der Waals surface area contributed by atoms with E-state index >= 15 is 0 Å². The smallest absolute Gasteiger partial charge is 0.209 e. The second-order valence-electron chi connectivity index (χ2n) is 4.98. The number of anilines is 2. The van der Waals surface area contributed by atoms with Crippen molar-refractivity contribution in [3.05, 3.63) is 52.5 Å². The molecule has 0 saturated carbocycles. The molecule has 6 nitrogen and oxygen atoms in total. The SMILES string of the molecule is COc1ccccc1N=C(N)N(c1nc(=S)ss1)c1ccccc1OC. The summed E-state index contributed by atoms with van der Waals surface area (Å²) in [5, 5.41) is 0.626. The number of ether oxygens (including phenoxy) is 2. The van der Waals surface area contributed by atoms with E-state index in [2.05, 4.69) is 9.98 Å². The maximum atomic E-state index is 6.37. The van der Waals surface area contributed by atoms with Crippen molar-refractivity contribution >= 4 is 55.4 Å². The van der Waals surface area contributed by atoms with Crippen molar-refractivity contribution in [2.75, 3.05) is 19.1 Å². The van der Waals surface area contributed by atoms with Crippen LogP contribution in [0.3, 0.4) is 0 Å². The van der Waals surface area contributed by atoms with Crippen molar-refractivity contribution < 1.29 is 9.47 Å². The summed E-state index contributed by atoms with van der Waals surface area (Å²) >= 11 is 5.18. The molecule has 0 bridgehead atoms. The molecule has 0 aliphatic rings. The lowest BCUT2D eigenvalue weighted by molar-refractivity contribution is 0.416. The Morgan fingerprint density at radius 3 is 2.35 bits per heavy atom. The molecule has 134 valence electrons. The Hall–Kier alpha value is -2.49. The molecule has 0 unspecified atom stereocenters. The number of nitrogens with zero attached hydrogens (tertiary/aromatic N) is 3. The molecule has 0 amide bonds. The van der Waals surface area contributed by atoms with Crippen molar-refractivity contribution in [2.24, 2.45) is 10.7 Å². The van der Waals surface area contributed by atoms with Gasteiger partial charge in [-0.25, -0.2) is 4.99 Å². The number of guanidine groups is 1. The molecule has 0 saturated heterocycles. The van der Waals surface area contributed by atoms with Crippen molar-refractivity contribution in [3.63, 3.8) is 0 Å². The summed E-state index contributed by atoms with van der Waals surface area (Å²) in [7, 11) is 6.02. The largest absolute Gasteiger partial charge is 0.495 e. The summed E-state index contributed by atoms with van der Waals surface area (Å²) in [5.74, 6) is 1.51. The van der Waals surface area contributed by atoms with Gasteiger partial charge in [0.05, 0.1) is 19.9 Å². The van der Waals surface area contributed by atoms with E-state index < -0.39 is 0 Å². The molecule has 1 heterocycles. The van der Waals surface area contributed by atoms with Gasteiger partial charge in [0.1, 0.15) is 17.2 Å². The molecule has 0 radical (unpaired) electrons. The third-order valence-corrected chi connectivity index (χ3v) is 6.01. The molecule has 1 aromatic heterocycles. The van der Waals surface area contributed by atoms with Crippen LogP contribution in [-0.2, 0) is 0 Å². The Morgan fingerprint density at radius 2 is 1.69 bits per heavy atom. The van der Waals surface area contributed by atoms with Gasteiger partial charge in [-0.15, -0.1) is 0 Å². The first-order chi connectivity index (χ1) is 12.6. The van der Waals surface area contributed by atoms with Gasteiger partial charge in [-0.05, 0) is 57.2 Å². The Bertz CT molecular complexity index is 984. The molecular formula is C17H16N4O2S3. The molecule has 2 N–H and O–H groups in total. The second kappa shape index (κ2) is 8.26. The van der Waals surface area contributed by atoms with Crippen LogP contribution in [0.5, 0.6) is 11.5 Å². The highest BCUT2D eigenvalue weighted by molar-refractivity contribution is 7.80. The fraction of sp³-hybridized carbons (Fsp3) is 0.118. The molecule has 2 aromatic carbocycles. The predicted molar refractivity (Wildman–Crippen MR) is 110 cm³/mol. The van der Waals surface area contributed by atoms with Gasteiger partial charge in [0.15, 0.2) is 3.95 Å². The van der Waals surface area contributed by atoms with Gasteiger partial charge < -0.3 is 15.2 Å². The highest BCUT2D eigenvalue weighted by atomic mass is 32.9. The quantitative estimate of drug-likeness (QED) is 0.287. The zero-order valence-electron chi connectivity index (χ0n) is 14.1. The lowest BCUT2D eigenvalue weighted by Gasteiger charge is -2.22. The lowest BCUT2D eigenvalue weighted by Crippen LogP contribution is -2.33. The second-order valence-corrected chi connectivity index (χ2v) is 7.71. The van der Waals surface area contributed by atoms with Crippen LogP contribution in [0, 0.1) is 3.95 Å². The van der Waals surface area contributed by atoms with E-state index in [0.29, 0.717) is 26.3 Å². The summed E-state index contributed by atoms with van der Waals surface area (Å²) in [6, 6.07) is 14.9. The Labute approximate surface area is 163 Å². The zero-order valence-corrected chi connectivity index (χ0v) is 16.5. The van der Waals surface area contributed by atoms with Gasteiger partial charge in [0, 0.05) is 0 Å². The third kappa shape index (κ3) is 3.85. The fourth-order valence-corrected chi connectivity index (χ4v) is 4.37. The monoisotopic (exact) mass is 404 g/mol. The van der Waals surface area contributed by atoms with Crippen LogP contribution in [0.1, 0.15) is 0 Å². The summed E-state index contributed by atoms with van der Waals surface area (Å²) < 4.78 is 11.4. The molecule has 9 heteroatoms. The first-order valence-corrected chi connectivity index (χ1v) is 10.1. The lowest BCUT2D eigenvalue weighted by atomic mass is 10.2. The Balaban J connectivity index is 2.14. The van der Waals surface area contributed by atoms with Gasteiger partial charge >= 0.3 is 0 Å².